The van der Waals surface area contributed by atoms with Crippen LogP contribution in [-0.4, -0.2) is 25.8 Å². The van der Waals surface area contributed by atoms with Gasteiger partial charge in [0.05, 0.1) is 17.4 Å². The summed E-state index contributed by atoms with van der Waals surface area (Å²) in [5, 5.41) is 14.5. The van der Waals surface area contributed by atoms with Gasteiger partial charge in [-0.05, 0) is 19.1 Å². The molecular formula is C14H11N3O2. The van der Waals surface area contributed by atoms with Gasteiger partial charge in [-0.3, -0.25) is 4.98 Å². The van der Waals surface area contributed by atoms with Gasteiger partial charge in [-0.25, -0.2) is 9.48 Å². The molecule has 3 rings (SSSR count). The van der Waals surface area contributed by atoms with Crippen LogP contribution in [0.1, 0.15) is 16.1 Å². The van der Waals surface area contributed by atoms with E-state index >= 15 is 0 Å². The van der Waals surface area contributed by atoms with Crippen molar-refractivity contribution in [3.8, 4) is 5.69 Å². The Morgan fingerprint density at radius 2 is 2.05 bits per heavy atom. The van der Waals surface area contributed by atoms with E-state index in [1.807, 2.05) is 31.2 Å². The maximum Gasteiger partial charge on any atom is 0.339 e. The number of benzene rings is 1. The highest BCUT2D eigenvalue weighted by molar-refractivity contribution is 5.92. The van der Waals surface area contributed by atoms with Crippen LogP contribution < -0.4 is 0 Å². The topological polar surface area (TPSA) is 68.0 Å². The average molecular weight is 253 g/mol. The molecule has 94 valence electrons. The molecule has 3 aromatic rings. The van der Waals surface area contributed by atoms with Gasteiger partial charge in [0.15, 0.2) is 0 Å². The number of hydrogen-bond acceptors (Lipinski definition) is 3. The van der Waals surface area contributed by atoms with Crippen molar-refractivity contribution in [2.75, 3.05) is 0 Å². The lowest BCUT2D eigenvalue weighted by Gasteiger charge is -2.08. The number of carboxylic acid groups (broad SMARTS) is 1. The van der Waals surface area contributed by atoms with Crippen molar-refractivity contribution in [1.82, 2.24) is 14.8 Å². The van der Waals surface area contributed by atoms with E-state index in [-0.39, 0.29) is 5.56 Å². The van der Waals surface area contributed by atoms with E-state index in [0.717, 1.165) is 16.6 Å². The zero-order valence-electron chi connectivity index (χ0n) is 10.2. The van der Waals surface area contributed by atoms with Crippen molar-refractivity contribution in [2.24, 2.45) is 0 Å². The Hall–Kier alpha value is -2.69. The second-order valence-corrected chi connectivity index (χ2v) is 4.26. The highest BCUT2D eigenvalue weighted by atomic mass is 16.4. The Labute approximate surface area is 109 Å². The molecule has 0 atom stereocenters. The third-order valence-electron chi connectivity index (χ3n) is 2.95. The molecule has 2 heterocycles. The van der Waals surface area contributed by atoms with E-state index in [1.165, 1.54) is 6.20 Å². The molecule has 0 aliphatic heterocycles. The second-order valence-electron chi connectivity index (χ2n) is 4.26. The number of rotatable bonds is 2. The number of nitrogens with zero attached hydrogens (tertiary/aromatic N) is 3. The molecule has 0 saturated heterocycles. The molecule has 0 unspecified atom stereocenters. The Bertz CT molecular complexity index is 777. The summed E-state index contributed by atoms with van der Waals surface area (Å²) in [7, 11) is 0. The minimum atomic E-state index is -1.01. The van der Waals surface area contributed by atoms with Crippen molar-refractivity contribution < 1.29 is 9.90 Å². The SMILES string of the molecule is Cc1cc(-n2ncc3ccccc32)c(C(=O)O)cn1. The zero-order chi connectivity index (χ0) is 13.4. The molecule has 0 radical (unpaired) electrons. The van der Waals surface area contributed by atoms with Crippen LogP contribution in [-0.2, 0) is 0 Å². The first-order valence-corrected chi connectivity index (χ1v) is 5.80. The van der Waals surface area contributed by atoms with E-state index in [9.17, 15) is 9.90 Å². The number of hydrogen-bond donors (Lipinski definition) is 1. The van der Waals surface area contributed by atoms with Crippen LogP contribution in [0, 0.1) is 6.92 Å². The lowest BCUT2D eigenvalue weighted by Crippen LogP contribution is -2.08. The molecule has 1 aromatic carbocycles. The molecule has 0 bridgehead atoms. The summed E-state index contributed by atoms with van der Waals surface area (Å²) < 4.78 is 1.63. The van der Waals surface area contributed by atoms with Gasteiger partial charge < -0.3 is 5.11 Å². The van der Waals surface area contributed by atoms with Crippen LogP contribution in [0.4, 0.5) is 0 Å². The number of carbonyl (C=O) groups is 1. The van der Waals surface area contributed by atoms with Crippen molar-refractivity contribution in [1.29, 1.82) is 0 Å². The minimum absolute atomic E-state index is 0.138. The predicted octanol–water partition coefficient (Wildman–Crippen LogP) is 2.43. The van der Waals surface area contributed by atoms with E-state index in [4.69, 9.17) is 0 Å². The smallest absolute Gasteiger partial charge is 0.339 e. The Morgan fingerprint density at radius 1 is 1.26 bits per heavy atom. The number of aromatic nitrogens is 3. The lowest BCUT2D eigenvalue weighted by atomic mass is 10.2. The number of para-hydroxylation sites is 1. The molecular weight excluding hydrogens is 242 g/mol. The molecule has 0 aliphatic carbocycles. The fourth-order valence-corrected chi connectivity index (χ4v) is 2.05. The highest BCUT2D eigenvalue weighted by Crippen LogP contribution is 2.21. The van der Waals surface area contributed by atoms with E-state index in [0.29, 0.717) is 5.69 Å². The fraction of sp³-hybridized carbons (Fsp3) is 0.0714. The number of aryl methyl sites for hydroxylation is 1. The maximum absolute atomic E-state index is 11.3. The van der Waals surface area contributed by atoms with Gasteiger partial charge in [0, 0.05) is 17.3 Å². The normalized spacial score (nSPS) is 10.8. The first-order chi connectivity index (χ1) is 9.16. The Balaban J connectivity index is 2.32. The highest BCUT2D eigenvalue weighted by Gasteiger charge is 2.15. The predicted molar refractivity (Wildman–Crippen MR) is 70.6 cm³/mol. The zero-order valence-corrected chi connectivity index (χ0v) is 10.2. The van der Waals surface area contributed by atoms with Crippen molar-refractivity contribution in [3.05, 3.63) is 54.0 Å². The van der Waals surface area contributed by atoms with Gasteiger partial charge in [0.25, 0.3) is 0 Å². The summed E-state index contributed by atoms with van der Waals surface area (Å²) in [4.78, 5) is 15.3. The standard InChI is InChI=1S/C14H11N3O2/c1-9-6-13(11(8-15-9)14(18)19)17-12-5-3-2-4-10(12)7-16-17/h2-8H,1H3,(H,18,19). The average Bonchev–Trinajstić information content (AvgIpc) is 2.82. The summed E-state index contributed by atoms with van der Waals surface area (Å²) in [6.45, 7) is 1.82. The third-order valence-corrected chi connectivity index (χ3v) is 2.95. The van der Waals surface area contributed by atoms with Gasteiger partial charge in [-0.1, -0.05) is 18.2 Å². The first kappa shape index (κ1) is 11.4. The number of pyridine rings is 1. The Morgan fingerprint density at radius 3 is 2.84 bits per heavy atom. The fourth-order valence-electron chi connectivity index (χ4n) is 2.05. The van der Waals surface area contributed by atoms with E-state index in [1.54, 1.807) is 16.9 Å². The molecule has 0 aliphatic rings. The molecule has 19 heavy (non-hydrogen) atoms. The van der Waals surface area contributed by atoms with Gasteiger partial charge in [0.1, 0.15) is 5.56 Å². The monoisotopic (exact) mass is 253 g/mol. The third kappa shape index (κ3) is 1.85. The van der Waals surface area contributed by atoms with Crippen molar-refractivity contribution in [2.45, 2.75) is 6.92 Å². The first-order valence-electron chi connectivity index (χ1n) is 5.80. The second kappa shape index (κ2) is 4.20. The van der Waals surface area contributed by atoms with Crippen molar-refractivity contribution in [3.63, 3.8) is 0 Å². The molecule has 5 heteroatoms. The number of fused-ring (bicyclic) bond motifs is 1. The van der Waals surface area contributed by atoms with Gasteiger partial charge in [0.2, 0.25) is 0 Å². The minimum Gasteiger partial charge on any atom is -0.478 e. The Kier molecular flexibility index (Phi) is 2.52. The van der Waals surface area contributed by atoms with Crippen LogP contribution in [0.3, 0.4) is 0 Å². The summed E-state index contributed by atoms with van der Waals surface area (Å²) in [6.07, 6.45) is 3.08. The summed E-state index contributed by atoms with van der Waals surface area (Å²) >= 11 is 0. The molecule has 5 nitrogen and oxygen atoms in total. The summed E-state index contributed by atoms with van der Waals surface area (Å²) in [5.41, 5.74) is 2.29. The van der Waals surface area contributed by atoms with Gasteiger partial charge >= 0.3 is 5.97 Å². The molecule has 0 fully saturated rings. The van der Waals surface area contributed by atoms with E-state index < -0.39 is 5.97 Å². The maximum atomic E-state index is 11.3. The number of aromatic carboxylic acids is 1. The van der Waals surface area contributed by atoms with Crippen molar-refractivity contribution >= 4 is 16.9 Å². The molecule has 0 saturated carbocycles. The lowest BCUT2D eigenvalue weighted by molar-refractivity contribution is 0.0696. The molecule has 0 spiro atoms. The van der Waals surface area contributed by atoms with Crippen LogP contribution in [0.15, 0.2) is 42.7 Å². The van der Waals surface area contributed by atoms with Crippen LogP contribution in [0.5, 0.6) is 0 Å². The van der Waals surface area contributed by atoms with Gasteiger partial charge in [-0.15, -0.1) is 0 Å². The van der Waals surface area contributed by atoms with Crippen LogP contribution in [0.25, 0.3) is 16.6 Å². The molecule has 1 N–H and O–H groups in total. The summed E-state index contributed by atoms with van der Waals surface area (Å²) in [6, 6.07) is 9.39. The summed E-state index contributed by atoms with van der Waals surface area (Å²) in [5.74, 6) is -1.01. The van der Waals surface area contributed by atoms with Gasteiger partial charge in [-0.2, -0.15) is 5.10 Å². The van der Waals surface area contributed by atoms with E-state index in [2.05, 4.69) is 10.1 Å². The molecule has 2 aromatic heterocycles. The number of carboxylic acids is 1. The molecule has 0 amide bonds. The quantitative estimate of drug-likeness (QED) is 0.761. The van der Waals surface area contributed by atoms with Crippen LogP contribution in [0.2, 0.25) is 0 Å². The largest absolute Gasteiger partial charge is 0.478 e. The van der Waals surface area contributed by atoms with Crippen LogP contribution >= 0.6 is 0 Å².